The lowest BCUT2D eigenvalue weighted by molar-refractivity contribution is -0.136. The fourth-order valence-corrected chi connectivity index (χ4v) is 3.87. The molecule has 3 rings (SSSR count). The lowest BCUT2D eigenvalue weighted by Gasteiger charge is -2.22. The van der Waals surface area contributed by atoms with E-state index in [0.717, 1.165) is 5.56 Å². The molecule has 1 aromatic rings. The number of rotatable bonds is 3. The van der Waals surface area contributed by atoms with Crippen molar-refractivity contribution in [1.82, 2.24) is 4.31 Å². The van der Waals surface area contributed by atoms with Crippen LogP contribution in [-0.2, 0) is 24.3 Å². The Balaban J connectivity index is 2.00. The molecule has 0 N–H and O–H groups in total. The summed E-state index contributed by atoms with van der Waals surface area (Å²) in [5.41, 5.74) is 2.12. The van der Waals surface area contributed by atoms with E-state index in [9.17, 15) is 18.0 Å². The topological polar surface area (TPSA) is 90.0 Å². The first-order chi connectivity index (χ1) is 11.3. The highest BCUT2D eigenvalue weighted by Gasteiger charge is 2.41. The molecular formula is C16H15NO6S. The van der Waals surface area contributed by atoms with Gasteiger partial charge in [-0.3, -0.25) is 0 Å². The summed E-state index contributed by atoms with van der Waals surface area (Å²) >= 11 is 0. The molecule has 1 aliphatic heterocycles. The zero-order valence-corrected chi connectivity index (χ0v) is 13.9. The Morgan fingerprint density at radius 1 is 1.25 bits per heavy atom. The van der Waals surface area contributed by atoms with E-state index in [0.29, 0.717) is 15.5 Å². The van der Waals surface area contributed by atoms with Crippen LogP contribution in [0.3, 0.4) is 0 Å². The van der Waals surface area contributed by atoms with Crippen LogP contribution in [0.25, 0.3) is 0 Å². The number of allylic oxidation sites excluding steroid dienone is 2. The maximum Gasteiger partial charge on any atom is 0.428 e. The molecule has 7 nitrogen and oxygen atoms in total. The number of amides is 1. The van der Waals surface area contributed by atoms with Crippen molar-refractivity contribution in [3.8, 4) is 0 Å². The SMILES string of the molecule is COC(=O)C1=C/C(=C2/COC(=O)N2S(=O)(=O)c2ccc(C)cc2)C1. The minimum absolute atomic E-state index is 0.00143. The van der Waals surface area contributed by atoms with Gasteiger partial charge in [0.15, 0.2) is 0 Å². The highest BCUT2D eigenvalue weighted by atomic mass is 32.2. The lowest BCUT2D eigenvalue weighted by Crippen LogP contribution is -2.32. The third-order valence-electron chi connectivity index (χ3n) is 3.85. The van der Waals surface area contributed by atoms with Crippen LogP contribution >= 0.6 is 0 Å². The van der Waals surface area contributed by atoms with Gasteiger partial charge in [0.05, 0.1) is 17.7 Å². The van der Waals surface area contributed by atoms with Crippen molar-refractivity contribution in [3.63, 3.8) is 0 Å². The summed E-state index contributed by atoms with van der Waals surface area (Å²) in [5, 5.41) is 0. The minimum atomic E-state index is -4.06. The molecule has 1 aromatic carbocycles. The number of methoxy groups -OCH3 is 1. The van der Waals surface area contributed by atoms with Crippen molar-refractivity contribution in [2.75, 3.05) is 13.7 Å². The molecule has 126 valence electrons. The molecule has 0 aromatic heterocycles. The van der Waals surface area contributed by atoms with E-state index >= 15 is 0 Å². The van der Waals surface area contributed by atoms with Crippen molar-refractivity contribution >= 4 is 22.1 Å². The number of benzene rings is 1. The predicted octanol–water partition coefficient (Wildman–Crippen LogP) is 1.89. The van der Waals surface area contributed by atoms with Gasteiger partial charge in [-0.2, -0.15) is 4.31 Å². The Kier molecular flexibility index (Phi) is 3.92. The largest absolute Gasteiger partial charge is 0.466 e. The third kappa shape index (κ3) is 2.58. The number of hydrogen-bond acceptors (Lipinski definition) is 6. The van der Waals surface area contributed by atoms with Crippen LogP contribution < -0.4 is 0 Å². The van der Waals surface area contributed by atoms with Crippen molar-refractivity contribution in [3.05, 3.63) is 52.7 Å². The van der Waals surface area contributed by atoms with Crippen LogP contribution in [0.1, 0.15) is 12.0 Å². The summed E-state index contributed by atoms with van der Waals surface area (Å²) in [4.78, 5) is 23.4. The molecule has 1 amide bonds. The number of hydrogen-bond donors (Lipinski definition) is 0. The van der Waals surface area contributed by atoms with Gasteiger partial charge < -0.3 is 9.47 Å². The van der Waals surface area contributed by atoms with Gasteiger partial charge >= 0.3 is 12.1 Å². The average Bonchev–Trinajstić information content (AvgIpc) is 2.88. The Hall–Kier alpha value is -2.61. The molecule has 0 saturated carbocycles. The van der Waals surface area contributed by atoms with Gasteiger partial charge in [-0.15, -0.1) is 0 Å². The van der Waals surface area contributed by atoms with Crippen molar-refractivity contribution < 1.29 is 27.5 Å². The second-order valence-electron chi connectivity index (χ2n) is 5.45. The number of cyclic esters (lactones) is 1. The fraction of sp³-hybridized carbons (Fsp3) is 0.250. The molecule has 24 heavy (non-hydrogen) atoms. The summed E-state index contributed by atoms with van der Waals surface area (Å²) in [7, 11) is -2.79. The number of esters is 1. The summed E-state index contributed by atoms with van der Waals surface area (Å²) in [6.07, 6.45) is 0.803. The highest BCUT2D eigenvalue weighted by molar-refractivity contribution is 7.89. The second kappa shape index (κ2) is 5.79. The van der Waals surface area contributed by atoms with Gasteiger partial charge in [0.2, 0.25) is 0 Å². The monoisotopic (exact) mass is 349 g/mol. The zero-order chi connectivity index (χ0) is 17.5. The average molecular weight is 349 g/mol. The molecule has 0 radical (unpaired) electrons. The van der Waals surface area contributed by atoms with Crippen molar-refractivity contribution in [1.29, 1.82) is 0 Å². The number of ether oxygens (including phenoxy) is 2. The number of nitrogens with zero attached hydrogens (tertiary/aromatic N) is 1. The van der Waals surface area contributed by atoms with Crippen LogP contribution in [0.15, 0.2) is 52.1 Å². The first kappa shape index (κ1) is 16.3. The van der Waals surface area contributed by atoms with Crippen molar-refractivity contribution in [2.45, 2.75) is 18.2 Å². The first-order valence-electron chi connectivity index (χ1n) is 7.14. The molecular weight excluding hydrogens is 334 g/mol. The van der Waals surface area contributed by atoms with Gasteiger partial charge in [-0.1, -0.05) is 17.7 Å². The van der Waals surface area contributed by atoms with E-state index in [1.165, 1.54) is 25.3 Å². The van der Waals surface area contributed by atoms with Crippen LogP contribution in [0.5, 0.6) is 0 Å². The summed E-state index contributed by atoms with van der Waals surface area (Å²) in [5.74, 6) is -0.475. The predicted molar refractivity (Wildman–Crippen MR) is 83.3 cm³/mol. The highest BCUT2D eigenvalue weighted by Crippen LogP contribution is 2.35. The quantitative estimate of drug-likeness (QED) is 0.774. The van der Waals surface area contributed by atoms with Crippen LogP contribution in [0, 0.1) is 6.92 Å². The van der Waals surface area contributed by atoms with Crippen LogP contribution in [0.4, 0.5) is 4.79 Å². The smallest absolute Gasteiger partial charge is 0.428 e. The molecule has 2 aliphatic rings. The van der Waals surface area contributed by atoms with Gasteiger partial charge in [0.1, 0.15) is 6.61 Å². The zero-order valence-electron chi connectivity index (χ0n) is 13.1. The maximum absolute atomic E-state index is 12.8. The van der Waals surface area contributed by atoms with Gasteiger partial charge in [0, 0.05) is 12.0 Å². The van der Waals surface area contributed by atoms with Crippen molar-refractivity contribution in [2.24, 2.45) is 0 Å². The Bertz CT molecular complexity index is 880. The molecule has 1 fully saturated rings. The Morgan fingerprint density at radius 2 is 1.88 bits per heavy atom. The van der Waals surface area contributed by atoms with Crippen LogP contribution in [-0.4, -0.2) is 38.5 Å². The molecule has 0 spiro atoms. The van der Waals surface area contributed by atoms with Gasteiger partial charge in [-0.05, 0) is 30.7 Å². The summed E-state index contributed by atoms with van der Waals surface area (Å²) in [6.45, 7) is 1.69. The Morgan fingerprint density at radius 3 is 2.46 bits per heavy atom. The Labute approximate surface area is 139 Å². The molecule has 0 bridgehead atoms. The number of sulfonamides is 1. The number of carbonyl (C=O) groups excluding carboxylic acids is 2. The summed E-state index contributed by atoms with van der Waals surface area (Å²) < 4.78 is 35.7. The van der Waals surface area contributed by atoms with Crippen LogP contribution in [0.2, 0.25) is 0 Å². The van der Waals surface area contributed by atoms with E-state index < -0.39 is 22.1 Å². The number of aryl methyl sites for hydroxylation is 1. The molecule has 8 heteroatoms. The molecule has 0 atom stereocenters. The summed E-state index contributed by atoms with van der Waals surface area (Å²) in [6, 6.07) is 6.18. The second-order valence-corrected chi connectivity index (χ2v) is 7.23. The van der Waals surface area contributed by atoms with E-state index in [-0.39, 0.29) is 23.6 Å². The van der Waals surface area contributed by atoms with Gasteiger partial charge in [-0.25, -0.2) is 18.0 Å². The normalized spacial score (nSPS) is 20.3. The van der Waals surface area contributed by atoms with E-state index in [1.807, 2.05) is 6.92 Å². The lowest BCUT2D eigenvalue weighted by atomic mass is 9.91. The number of carbonyl (C=O) groups is 2. The van der Waals surface area contributed by atoms with E-state index in [1.54, 1.807) is 12.1 Å². The molecule has 1 heterocycles. The standard InChI is InChI=1S/C16H15NO6S/c1-10-3-5-13(6-4-10)24(20,21)17-14(9-23-16(17)19)11-7-12(8-11)15(18)22-2/h3-7H,8-9H2,1-2H3/b14-11+. The maximum atomic E-state index is 12.8. The molecule has 1 saturated heterocycles. The molecule has 1 aliphatic carbocycles. The fourth-order valence-electron chi connectivity index (χ4n) is 2.47. The molecule has 0 unspecified atom stereocenters. The van der Waals surface area contributed by atoms with E-state index in [2.05, 4.69) is 4.74 Å². The van der Waals surface area contributed by atoms with E-state index in [4.69, 9.17) is 4.74 Å². The third-order valence-corrected chi connectivity index (χ3v) is 5.57. The minimum Gasteiger partial charge on any atom is -0.466 e. The van der Waals surface area contributed by atoms with Gasteiger partial charge in [0.25, 0.3) is 10.0 Å². The first-order valence-corrected chi connectivity index (χ1v) is 8.58.